The number of methoxy groups -OCH3 is 2. The fourth-order valence-corrected chi connectivity index (χ4v) is 3.92. The number of nitrogens with zero attached hydrogens (tertiary/aromatic N) is 1. The quantitative estimate of drug-likeness (QED) is 0.543. The van der Waals surface area contributed by atoms with Gasteiger partial charge >= 0.3 is 0 Å². The zero-order valence-electron chi connectivity index (χ0n) is 15.1. The van der Waals surface area contributed by atoms with Gasteiger partial charge < -0.3 is 19.1 Å². The van der Waals surface area contributed by atoms with Crippen LogP contribution in [0.4, 0.5) is 0 Å². The lowest BCUT2D eigenvalue weighted by Crippen LogP contribution is -2.20. The van der Waals surface area contributed by atoms with Crippen LogP contribution in [0.3, 0.4) is 0 Å². The van der Waals surface area contributed by atoms with Crippen molar-refractivity contribution in [1.29, 1.82) is 0 Å². The summed E-state index contributed by atoms with van der Waals surface area (Å²) in [4.78, 5) is 2.19. The van der Waals surface area contributed by atoms with Crippen LogP contribution in [0.15, 0.2) is 36.4 Å². The summed E-state index contributed by atoms with van der Waals surface area (Å²) in [6.07, 6.45) is 0. The number of hydrogen-bond donors (Lipinski definition) is 0. The molecule has 0 saturated heterocycles. The lowest BCUT2D eigenvalue weighted by atomic mass is 10.1. The summed E-state index contributed by atoms with van der Waals surface area (Å²) in [6, 6.07) is 12.5. The van der Waals surface area contributed by atoms with E-state index in [0.29, 0.717) is 8.58 Å². The monoisotopic (exact) mass is 347 g/mol. The molecule has 2 aromatic carbocycles. The van der Waals surface area contributed by atoms with Gasteiger partial charge in [0, 0.05) is 19.0 Å². The molecule has 0 saturated carbocycles. The second kappa shape index (κ2) is 9.03. The van der Waals surface area contributed by atoms with E-state index in [1.54, 1.807) is 14.2 Å². The standard InChI is InChI=1S/C19H26NO3P/c1-14-8-6-9-15(12-20(2)3)19(14)24-17-11-7-10-16(22-5)18(17)23-13-21-4/h6-11,24H,12-13H2,1-5H3. The highest BCUT2D eigenvalue weighted by atomic mass is 31.1. The molecule has 0 radical (unpaired) electrons. The SMILES string of the molecule is COCOc1c(OC)cccc1Pc1c(C)cccc1CN(C)C. The number of ether oxygens (including phenoxy) is 3. The summed E-state index contributed by atoms with van der Waals surface area (Å²) in [5.74, 6) is 1.50. The molecule has 0 fully saturated rings. The summed E-state index contributed by atoms with van der Waals surface area (Å²) in [7, 11) is 7.96. The highest BCUT2D eigenvalue weighted by Gasteiger charge is 2.14. The minimum atomic E-state index is 0.205. The van der Waals surface area contributed by atoms with E-state index in [1.807, 2.05) is 12.1 Å². The van der Waals surface area contributed by atoms with Gasteiger partial charge in [0.25, 0.3) is 0 Å². The summed E-state index contributed by atoms with van der Waals surface area (Å²) in [5, 5.41) is 2.49. The molecule has 0 aliphatic rings. The van der Waals surface area contributed by atoms with Gasteiger partial charge in [-0.25, -0.2) is 0 Å². The van der Waals surface area contributed by atoms with Crippen molar-refractivity contribution >= 4 is 19.2 Å². The van der Waals surface area contributed by atoms with Crippen molar-refractivity contribution in [1.82, 2.24) is 4.90 Å². The Hall–Kier alpha value is -1.61. The van der Waals surface area contributed by atoms with Gasteiger partial charge in [0.05, 0.1) is 7.11 Å². The van der Waals surface area contributed by atoms with Crippen molar-refractivity contribution in [3.05, 3.63) is 47.5 Å². The van der Waals surface area contributed by atoms with Gasteiger partial charge in [-0.1, -0.05) is 38.9 Å². The number of hydrogen-bond acceptors (Lipinski definition) is 4. The van der Waals surface area contributed by atoms with E-state index in [1.165, 1.54) is 16.4 Å². The smallest absolute Gasteiger partial charge is 0.188 e. The van der Waals surface area contributed by atoms with Gasteiger partial charge in [0.2, 0.25) is 0 Å². The summed E-state index contributed by atoms with van der Waals surface area (Å²) in [5.41, 5.74) is 2.65. The maximum absolute atomic E-state index is 5.79. The third-order valence-electron chi connectivity index (χ3n) is 3.63. The van der Waals surface area contributed by atoms with Crippen molar-refractivity contribution in [2.24, 2.45) is 0 Å². The van der Waals surface area contributed by atoms with E-state index in [-0.39, 0.29) is 6.79 Å². The third kappa shape index (κ3) is 4.70. The molecule has 4 nitrogen and oxygen atoms in total. The third-order valence-corrected chi connectivity index (χ3v) is 5.25. The molecular formula is C19H26NO3P. The topological polar surface area (TPSA) is 30.9 Å². The van der Waals surface area contributed by atoms with Crippen LogP contribution < -0.4 is 20.1 Å². The Morgan fingerprint density at radius 3 is 2.46 bits per heavy atom. The van der Waals surface area contributed by atoms with Gasteiger partial charge in [-0.05, 0) is 43.5 Å². The molecule has 1 unspecified atom stereocenters. The molecule has 0 heterocycles. The first kappa shape index (κ1) is 18.7. The van der Waals surface area contributed by atoms with Gasteiger partial charge in [-0.3, -0.25) is 0 Å². The van der Waals surface area contributed by atoms with Gasteiger partial charge in [-0.15, -0.1) is 0 Å². The molecule has 1 atom stereocenters. The minimum Gasteiger partial charge on any atom is -0.493 e. The molecule has 0 aliphatic heterocycles. The highest BCUT2D eigenvalue weighted by molar-refractivity contribution is 7.56. The molecule has 0 amide bonds. The lowest BCUT2D eigenvalue weighted by Gasteiger charge is -2.19. The predicted molar refractivity (Wildman–Crippen MR) is 102 cm³/mol. The molecule has 2 aromatic rings. The fourth-order valence-electron chi connectivity index (χ4n) is 2.56. The Balaban J connectivity index is 2.41. The van der Waals surface area contributed by atoms with Crippen LogP contribution in [0.2, 0.25) is 0 Å². The van der Waals surface area contributed by atoms with Gasteiger partial charge in [0.15, 0.2) is 18.3 Å². The van der Waals surface area contributed by atoms with Crippen LogP contribution in [0.5, 0.6) is 11.5 Å². The van der Waals surface area contributed by atoms with Crippen molar-refractivity contribution in [2.45, 2.75) is 13.5 Å². The van der Waals surface area contributed by atoms with E-state index in [2.05, 4.69) is 50.2 Å². The summed E-state index contributed by atoms with van der Waals surface area (Å²) < 4.78 is 16.3. The average molecular weight is 347 g/mol. The average Bonchev–Trinajstić information content (AvgIpc) is 2.56. The Bertz CT molecular complexity index is 674. The molecule has 0 bridgehead atoms. The van der Waals surface area contributed by atoms with E-state index in [4.69, 9.17) is 14.2 Å². The second-order valence-corrected chi connectivity index (χ2v) is 7.15. The predicted octanol–water partition coefficient (Wildman–Crippen LogP) is 2.68. The first-order valence-electron chi connectivity index (χ1n) is 7.85. The molecule has 0 spiro atoms. The van der Waals surface area contributed by atoms with Gasteiger partial charge in [0.1, 0.15) is 0 Å². The minimum absolute atomic E-state index is 0.205. The fraction of sp³-hybridized carbons (Fsp3) is 0.368. The maximum atomic E-state index is 5.79. The molecule has 130 valence electrons. The molecule has 0 aliphatic carbocycles. The molecular weight excluding hydrogens is 321 g/mol. The molecule has 5 heteroatoms. The van der Waals surface area contributed by atoms with Crippen LogP contribution in [0.25, 0.3) is 0 Å². The second-order valence-electron chi connectivity index (χ2n) is 5.86. The number of benzene rings is 2. The molecule has 2 rings (SSSR count). The largest absolute Gasteiger partial charge is 0.493 e. The molecule has 0 N–H and O–H groups in total. The van der Waals surface area contributed by atoms with Crippen LogP contribution in [0.1, 0.15) is 11.1 Å². The van der Waals surface area contributed by atoms with E-state index >= 15 is 0 Å². The first-order valence-corrected chi connectivity index (χ1v) is 8.85. The van der Waals surface area contributed by atoms with Crippen LogP contribution in [-0.4, -0.2) is 40.0 Å². The Morgan fingerprint density at radius 1 is 1.04 bits per heavy atom. The highest BCUT2D eigenvalue weighted by Crippen LogP contribution is 2.31. The van der Waals surface area contributed by atoms with Crippen molar-refractivity contribution in [3.8, 4) is 11.5 Å². The lowest BCUT2D eigenvalue weighted by molar-refractivity contribution is 0.0500. The Labute approximate surface area is 146 Å². The van der Waals surface area contributed by atoms with Gasteiger partial charge in [-0.2, -0.15) is 0 Å². The zero-order valence-corrected chi connectivity index (χ0v) is 16.1. The maximum Gasteiger partial charge on any atom is 0.188 e. The normalized spacial score (nSPS) is 11.4. The molecule has 24 heavy (non-hydrogen) atoms. The Kier molecular flexibility index (Phi) is 7.04. The van der Waals surface area contributed by atoms with Crippen LogP contribution >= 0.6 is 8.58 Å². The van der Waals surface area contributed by atoms with Crippen LogP contribution in [0, 0.1) is 6.92 Å². The van der Waals surface area contributed by atoms with Crippen molar-refractivity contribution in [2.75, 3.05) is 35.1 Å². The van der Waals surface area contributed by atoms with Crippen LogP contribution in [-0.2, 0) is 11.3 Å². The van der Waals surface area contributed by atoms with Crippen molar-refractivity contribution in [3.63, 3.8) is 0 Å². The number of aryl methyl sites for hydroxylation is 1. The van der Waals surface area contributed by atoms with E-state index < -0.39 is 0 Å². The summed E-state index contributed by atoms with van der Waals surface area (Å²) >= 11 is 0. The van der Waals surface area contributed by atoms with E-state index in [9.17, 15) is 0 Å². The number of para-hydroxylation sites is 1. The summed E-state index contributed by atoms with van der Waals surface area (Å²) in [6.45, 7) is 3.29. The Morgan fingerprint density at radius 2 is 1.79 bits per heavy atom. The first-order chi connectivity index (χ1) is 11.6. The van der Waals surface area contributed by atoms with Crippen molar-refractivity contribution < 1.29 is 14.2 Å². The zero-order chi connectivity index (χ0) is 17.5. The number of rotatable bonds is 8. The van der Waals surface area contributed by atoms with E-state index in [0.717, 1.165) is 23.3 Å². The molecule has 0 aromatic heterocycles.